The number of hydrogen-bond donors (Lipinski definition) is 3. The molecule has 0 aromatic heterocycles. The van der Waals surface area contributed by atoms with Crippen LogP contribution in [-0.4, -0.2) is 39.9 Å². The lowest BCUT2D eigenvalue weighted by molar-refractivity contribution is -0.189. The van der Waals surface area contributed by atoms with Crippen molar-refractivity contribution in [2.24, 2.45) is 50.7 Å². The van der Waals surface area contributed by atoms with Crippen LogP contribution < -0.4 is 0 Å². The molecule has 0 aromatic rings. The molecule has 0 heterocycles. The Labute approximate surface area is 206 Å². The first kappa shape index (κ1) is 25.0. The molecule has 0 saturated heterocycles. The minimum absolute atomic E-state index is 0.0529. The smallest absolute Gasteiger partial charge is 0.159 e. The molecular formula is C30H48O4. The molecule has 3 N–H and O–H groups in total. The monoisotopic (exact) mass is 472 g/mol. The third-order valence-corrected chi connectivity index (χ3v) is 12.7. The number of fused-ring (bicyclic) bond motifs is 6. The number of aliphatic hydroxyl groups is 3. The molecule has 0 spiro atoms. The SMILES string of the molecule is CC1(C)[C@H](O)CC[C@]2(C)[C@H]3CCC4[C@@](C)(CCC5[C@]4(C)CC[C@@H](O)[C@]5(C)CO)CC3=CC(=O)[C@@H]12. The van der Waals surface area contributed by atoms with Crippen molar-refractivity contribution in [3.8, 4) is 0 Å². The number of allylic oxidation sites excluding steroid dienone is 2. The summed E-state index contributed by atoms with van der Waals surface area (Å²) in [5.41, 5.74) is 0.722. The van der Waals surface area contributed by atoms with Crippen LogP contribution in [0, 0.1) is 50.7 Å². The first-order chi connectivity index (χ1) is 15.7. The van der Waals surface area contributed by atoms with E-state index in [0.29, 0.717) is 17.8 Å². The Kier molecular flexibility index (Phi) is 5.62. The van der Waals surface area contributed by atoms with Gasteiger partial charge in [-0.3, -0.25) is 4.79 Å². The van der Waals surface area contributed by atoms with Crippen LogP contribution in [0.4, 0.5) is 0 Å². The van der Waals surface area contributed by atoms with Crippen LogP contribution in [0.3, 0.4) is 0 Å². The van der Waals surface area contributed by atoms with Crippen molar-refractivity contribution in [3.63, 3.8) is 0 Å². The molecule has 0 radical (unpaired) electrons. The van der Waals surface area contributed by atoms with Crippen LogP contribution in [0.2, 0.25) is 0 Å². The van der Waals surface area contributed by atoms with Crippen LogP contribution in [0.25, 0.3) is 0 Å². The first-order valence-electron chi connectivity index (χ1n) is 14.0. The summed E-state index contributed by atoms with van der Waals surface area (Å²) >= 11 is 0. The molecule has 10 atom stereocenters. The summed E-state index contributed by atoms with van der Waals surface area (Å²) in [5.74, 6) is 1.40. The highest BCUT2D eigenvalue weighted by atomic mass is 16.3. The van der Waals surface area contributed by atoms with E-state index in [1.807, 2.05) is 6.08 Å². The normalized spacial score (nSPS) is 54.6. The fraction of sp³-hybridized carbons (Fsp3) is 0.900. The Hall–Kier alpha value is -0.710. The second-order valence-corrected chi connectivity index (χ2v) is 14.8. The van der Waals surface area contributed by atoms with Crippen molar-refractivity contribution in [1.82, 2.24) is 0 Å². The summed E-state index contributed by atoms with van der Waals surface area (Å²) in [4.78, 5) is 13.6. The van der Waals surface area contributed by atoms with Gasteiger partial charge in [-0.1, -0.05) is 47.1 Å². The fourth-order valence-corrected chi connectivity index (χ4v) is 10.9. The summed E-state index contributed by atoms with van der Waals surface area (Å²) in [6, 6.07) is 0. The van der Waals surface area contributed by atoms with Gasteiger partial charge in [0.2, 0.25) is 0 Å². The van der Waals surface area contributed by atoms with Gasteiger partial charge in [0.05, 0.1) is 18.8 Å². The maximum atomic E-state index is 13.6. The third-order valence-electron chi connectivity index (χ3n) is 12.7. The standard InChI is InChI=1S/C30H48O4/c1-26(2)23(33)10-13-28(4)19-7-8-21-27(3,16-18(19)15-20(32)25(26)28)12-9-22-29(21,5)14-11-24(34)30(22,6)17-31/h15,19,21-25,31,33-34H,7-14,16-17H2,1-6H3/t19-,21?,22?,23+,24+,25-,27-,28+,29+,30+/m0/s1. The summed E-state index contributed by atoms with van der Waals surface area (Å²) in [6.45, 7) is 13.6. The third kappa shape index (κ3) is 3.10. The fourth-order valence-electron chi connectivity index (χ4n) is 10.9. The molecule has 0 aromatic carbocycles. The molecule has 4 heteroatoms. The van der Waals surface area contributed by atoms with Gasteiger partial charge in [-0.05, 0) is 97.9 Å². The zero-order valence-electron chi connectivity index (χ0n) is 22.4. The van der Waals surface area contributed by atoms with E-state index < -0.39 is 23.0 Å². The van der Waals surface area contributed by atoms with E-state index in [1.54, 1.807) is 0 Å². The van der Waals surface area contributed by atoms with E-state index in [2.05, 4.69) is 41.5 Å². The molecule has 5 aliphatic carbocycles. The van der Waals surface area contributed by atoms with Gasteiger partial charge in [0, 0.05) is 16.7 Å². The molecule has 4 saturated carbocycles. The number of carbonyl (C=O) groups is 1. The highest BCUT2D eigenvalue weighted by molar-refractivity contribution is 5.95. The molecule has 5 aliphatic rings. The van der Waals surface area contributed by atoms with Gasteiger partial charge in [0.1, 0.15) is 0 Å². The summed E-state index contributed by atoms with van der Waals surface area (Å²) in [6.07, 6.45) is 10.1. The number of carbonyl (C=O) groups excluding carboxylic acids is 1. The molecular weight excluding hydrogens is 424 g/mol. The van der Waals surface area contributed by atoms with Crippen LogP contribution in [-0.2, 0) is 4.79 Å². The van der Waals surface area contributed by atoms with Crippen LogP contribution >= 0.6 is 0 Å². The maximum Gasteiger partial charge on any atom is 0.159 e. The lowest BCUT2D eigenvalue weighted by atomic mass is 9.42. The van der Waals surface area contributed by atoms with Crippen molar-refractivity contribution in [2.45, 2.75) is 112 Å². The average Bonchev–Trinajstić information content (AvgIpc) is 2.90. The topological polar surface area (TPSA) is 77.8 Å². The van der Waals surface area contributed by atoms with Gasteiger partial charge in [0.25, 0.3) is 0 Å². The quantitative estimate of drug-likeness (QED) is 0.484. The molecule has 5 rings (SSSR count). The van der Waals surface area contributed by atoms with Crippen molar-refractivity contribution in [3.05, 3.63) is 11.6 Å². The van der Waals surface area contributed by atoms with Gasteiger partial charge < -0.3 is 15.3 Å². The van der Waals surface area contributed by atoms with Gasteiger partial charge in [-0.2, -0.15) is 0 Å². The van der Waals surface area contributed by atoms with Crippen LogP contribution in [0.1, 0.15) is 99.3 Å². The molecule has 0 aliphatic heterocycles. The number of ketones is 1. The predicted molar refractivity (Wildman–Crippen MR) is 134 cm³/mol. The lowest BCUT2D eigenvalue weighted by Gasteiger charge is -2.64. The Balaban J connectivity index is 1.54. The van der Waals surface area contributed by atoms with E-state index in [0.717, 1.165) is 57.8 Å². The molecule has 4 fully saturated rings. The minimum atomic E-state index is -0.427. The Bertz CT molecular complexity index is 892. The Morgan fingerprint density at radius 3 is 2.15 bits per heavy atom. The first-order valence-corrected chi connectivity index (χ1v) is 14.0. The van der Waals surface area contributed by atoms with E-state index in [9.17, 15) is 20.1 Å². The average molecular weight is 473 g/mol. The molecule has 34 heavy (non-hydrogen) atoms. The maximum absolute atomic E-state index is 13.6. The second-order valence-electron chi connectivity index (χ2n) is 14.8. The van der Waals surface area contributed by atoms with Crippen LogP contribution in [0.5, 0.6) is 0 Å². The van der Waals surface area contributed by atoms with E-state index in [-0.39, 0.29) is 34.6 Å². The zero-order valence-corrected chi connectivity index (χ0v) is 22.4. The number of hydrogen-bond acceptors (Lipinski definition) is 4. The van der Waals surface area contributed by atoms with Gasteiger partial charge in [0.15, 0.2) is 5.78 Å². The zero-order chi connectivity index (χ0) is 24.9. The molecule has 4 nitrogen and oxygen atoms in total. The number of aliphatic hydroxyl groups excluding tert-OH is 3. The Morgan fingerprint density at radius 1 is 0.824 bits per heavy atom. The Morgan fingerprint density at radius 2 is 1.47 bits per heavy atom. The highest BCUT2D eigenvalue weighted by Crippen LogP contribution is 2.70. The van der Waals surface area contributed by atoms with Crippen molar-refractivity contribution >= 4 is 5.78 Å². The molecule has 0 bridgehead atoms. The van der Waals surface area contributed by atoms with E-state index in [1.165, 1.54) is 5.57 Å². The predicted octanol–water partition coefficient (Wildman–Crippen LogP) is 5.29. The lowest BCUT2D eigenvalue weighted by Crippen LogP contribution is -2.60. The van der Waals surface area contributed by atoms with Crippen molar-refractivity contribution in [2.75, 3.05) is 6.61 Å². The van der Waals surface area contributed by atoms with Crippen molar-refractivity contribution < 1.29 is 20.1 Å². The minimum Gasteiger partial charge on any atom is -0.396 e. The molecule has 192 valence electrons. The number of rotatable bonds is 1. The summed E-state index contributed by atoms with van der Waals surface area (Å²) in [7, 11) is 0. The highest BCUT2D eigenvalue weighted by Gasteiger charge is 2.64. The molecule has 0 amide bonds. The van der Waals surface area contributed by atoms with Crippen molar-refractivity contribution in [1.29, 1.82) is 0 Å². The van der Waals surface area contributed by atoms with E-state index in [4.69, 9.17) is 0 Å². The summed E-state index contributed by atoms with van der Waals surface area (Å²) < 4.78 is 0. The van der Waals surface area contributed by atoms with Crippen LogP contribution in [0.15, 0.2) is 11.6 Å². The molecule has 2 unspecified atom stereocenters. The summed E-state index contributed by atoms with van der Waals surface area (Å²) in [5, 5.41) is 32.1. The van der Waals surface area contributed by atoms with Gasteiger partial charge in [-0.15, -0.1) is 0 Å². The van der Waals surface area contributed by atoms with E-state index >= 15 is 0 Å². The van der Waals surface area contributed by atoms with Gasteiger partial charge in [-0.25, -0.2) is 0 Å². The van der Waals surface area contributed by atoms with Gasteiger partial charge >= 0.3 is 0 Å². The largest absolute Gasteiger partial charge is 0.396 e. The second kappa shape index (κ2) is 7.65.